The first-order chi connectivity index (χ1) is 15.9. The minimum Gasteiger partial charge on any atom is -0.394 e. The van der Waals surface area contributed by atoms with E-state index in [1.807, 2.05) is 0 Å². The summed E-state index contributed by atoms with van der Waals surface area (Å²) in [5, 5.41) is 13.5. The van der Waals surface area contributed by atoms with Crippen molar-refractivity contribution in [2.75, 3.05) is 11.9 Å². The molecule has 3 aromatic heterocycles. The first-order valence-electron chi connectivity index (χ1n) is 9.76. The standard InChI is InChI=1S/C20H19F2N7O2S2/c1-10(8-30)24-15-14-16(26-17(31)18(25-14)33-20-23-6-7-29(20)2)28-19(27-15)32-9-11-4-3-5-12(21)13(11)22/h3-7,10,30H,8-9H2,1-2H3,(H2,24,26,27,28,31)/t10-/m1/s1. The van der Waals surface area contributed by atoms with E-state index < -0.39 is 17.2 Å². The lowest BCUT2D eigenvalue weighted by Gasteiger charge is -2.14. The van der Waals surface area contributed by atoms with Gasteiger partial charge in [-0.05, 0) is 24.8 Å². The molecule has 1 aromatic carbocycles. The SMILES string of the molecule is C[C@H](CO)Nc1nc(SCc2cccc(F)c2F)nc2[nH]c(=O)c(Sc3nccn3C)nc12. The van der Waals surface area contributed by atoms with Gasteiger partial charge < -0.3 is 20.0 Å². The Morgan fingerprint density at radius 2 is 2.09 bits per heavy atom. The van der Waals surface area contributed by atoms with Crippen molar-refractivity contribution in [3.8, 4) is 0 Å². The average Bonchev–Trinajstić information content (AvgIpc) is 3.19. The molecule has 0 aliphatic rings. The second-order valence-electron chi connectivity index (χ2n) is 7.08. The zero-order chi connectivity index (χ0) is 23.5. The Morgan fingerprint density at radius 1 is 1.27 bits per heavy atom. The molecule has 0 saturated carbocycles. The van der Waals surface area contributed by atoms with Crippen molar-refractivity contribution in [1.82, 2.24) is 29.5 Å². The highest BCUT2D eigenvalue weighted by Crippen LogP contribution is 2.28. The van der Waals surface area contributed by atoms with Crippen LogP contribution < -0.4 is 10.9 Å². The van der Waals surface area contributed by atoms with Gasteiger partial charge in [-0.3, -0.25) is 4.79 Å². The lowest BCUT2D eigenvalue weighted by Crippen LogP contribution is -2.22. The van der Waals surface area contributed by atoms with E-state index in [9.17, 15) is 18.7 Å². The molecular formula is C20H19F2N7O2S2. The lowest BCUT2D eigenvalue weighted by molar-refractivity contribution is 0.281. The molecule has 3 N–H and O–H groups in total. The summed E-state index contributed by atoms with van der Waals surface area (Å²) in [6.07, 6.45) is 3.36. The number of aliphatic hydroxyl groups excluding tert-OH is 1. The van der Waals surface area contributed by atoms with Crippen LogP contribution in [-0.4, -0.2) is 47.2 Å². The maximum atomic E-state index is 14.0. The molecule has 0 unspecified atom stereocenters. The third kappa shape index (κ3) is 5.15. The number of fused-ring (bicyclic) bond motifs is 1. The quantitative estimate of drug-likeness (QED) is 0.252. The molecule has 0 saturated heterocycles. The molecule has 33 heavy (non-hydrogen) atoms. The van der Waals surface area contributed by atoms with E-state index in [2.05, 4.69) is 30.2 Å². The first kappa shape index (κ1) is 23.1. The zero-order valence-electron chi connectivity index (χ0n) is 17.5. The smallest absolute Gasteiger partial charge is 0.282 e. The van der Waals surface area contributed by atoms with E-state index in [1.54, 1.807) is 30.9 Å². The predicted molar refractivity (Wildman–Crippen MR) is 121 cm³/mol. The Hall–Kier alpha value is -3.03. The summed E-state index contributed by atoms with van der Waals surface area (Å²) in [5.41, 5.74) is 0.180. The van der Waals surface area contributed by atoms with Crippen LogP contribution in [0.2, 0.25) is 0 Å². The van der Waals surface area contributed by atoms with Gasteiger partial charge in [0.05, 0.1) is 6.61 Å². The molecule has 172 valence electrons. The normalized spacial score (nSPS) is 12.3. The second kappa shape index (κ2) is 9.85. The van der Waals surface area contributed by atoms with Gasteiger partial charge in [-0.2, -0.15) is 0 Å². The van der Waals surface area contributed by atoms with E-state index >= 15 is 0 Å². The van der Waals surface area contributed by atoms with Crippen molar-refractivity contribution in [3.05, 3.63) is 58.1 Å². The number of aryl methyl sites for hydroxylation is 1. The lowest BCUT2D eigenvalue weighted by atomic mass is 10.2. The Balaban J connectivity index is 1.72. The molecule has 3 heterocycles. The fourth-order valence-corrected chi connectivity index (χ4v) is 4.38. The van der Waals surface area contributed by atoms with E-state index in [0.717, 1.165) is 29.6 Å². The number of anilines is 1. The third-order valence-electron chi connectivity index (χ3n) is 4.51. The maximum absolute atomic E-state index is 14.0. The molecule has 0 spiro atoms. The fraction of sp³-hybridized carbons (Fsp3) is 0.250. The average molecular weight is 492 g/mol. The van der Waals surface area contributed by atoms with Crippen molar-refractivity contribution in [2.24, 2.45) is 7.05 Å². The van der Waals surface area contributed by atoms with E-state index in [0.29, 0.717) is 16.5 Å². The van der Waals surface area contributed by atoms with Gasteiger partial charge in [0.2, 0.25) is 0 Å². The number of aromatic nitrogens is 6. The number of benzene rings is 1. The van der Waals surface area contributed by atoms with E-state index in [-0.39, 0.29) is 39.8 Å². The summed E-state index contributed by atoms with van der Waals surface area (Å²) in [6, 6.07) is 3.59. The molecule has 0 amide bonds. The minimum atomic E-state index is -0.932. The van der Waals surface area contributed by atoms with Crippen molar-refractivity contribution in [3.63, 3.8) is 0 Å². The second-order valence-corrected chi connectivity index (χ2v) is 8.97. The molecule has 1 atom stereocenters. The molecular weight excluding hydrogens is 472 g/mol. The largest absolute Gasteiger partial charge is 0.394 e. The predicted octanol–water partition coefficient (Wildman–Crippen LogP) is 2.96. The number of halogens is 2. The molecule has 9 nitrogen and oxygen atoms in total. The van der Waals surface area contributed by atoms with Gasteiger partial charge >= 0.3 is 0 Å². The number of aromatic amines is 1. The summed E-state index contributed by atoms with van der Waals surface area (Å²) in [5.74, 6) is -1.49. The molecule has 0 fully saturated rings. The minimum absolute atomic E-state index is 0.0782. The van der Waals surface area contributed by atoms with Crippen LogP contribution in [0.25, 0.3) is 11.2 Å². The zero-order valence-corrected chi connectivity index (χ0v) is 19.2. The Kier molecular flexibility index (Phi) is 6.91. The van der Waals surface area contributed by atoms with E-state index in [4.69, 9.17) is 0 Å². The summed E-state index contributed by atoms with van der Waals surface area (Å²) in [7, 11) is 1.80. The molecule has 0 aliphatic carbocycles. The molecule has 0 bridgehead atoms. The molecule has 4 aromatic rings. The number of hydrogen-bond donors (Lipinski definition) is 3. The summed E-state index contributed by atoms with van der Waals surface area (Å²) < 4.78 is 29.3. The fourth-order valence-electron chi connectivity index (χ4n) is 2.79. The van der Waals surface area contributed by atoms with Crippen LogP contribution in [-0.2, 0) is 12.8 Å². The molecule has 4 rings (SSSR count). The van der Waals surface area contributed by atoms with Gasteiger partial charge in [-0.1, -0.05) is 23.9 Å². The van der Waals surface area contributed by atoms with Crippen LogP contribution in [0.15, 0.2) is 50.7 Å². The van der Waals surface area contributed by atoms with Crippen molar-refractivity contribution < 1.29 is 13.9 Å². The highest BCUT2D eigenvalue weighted by Gasteiger charge is 2.17. The van der Waals surface area contributed by atoms with Gasteiger partial charge in [-0.25, -0.2) is 28.7 Å². The van der Waals surface area contributed by atoms with Crippen molar-refractivity contribution >= 4 is 40.5 Å². The number of rotatable bonds is 8. The summed E-state index contributed by atoms with van der Waals surface area (Å²) in [6.45, 7) is 1.58. The summed E-state index contributed by atoms with van der Waals surface area (Å²) in [4.78, 5) is 32.8. The van der Waals surface area contributed by atoms with Crippen LogP contribution in [0.3, 0.4) is 0 Å². The number of imidazole rings is 1. The van der Waals surface area contributed by atoms with Crippen LogP contribution in [0.4, 0.5) is 14.6 Å². The highest BCUT2D eigenvalue weighted by atomic mass is 32.2. The van der Waals surface area contributed by atoms with Crippen LogP contribution in [0.5, 0.6) is 0 Å². The number of nitrogens with zero attached hydrogens (tertiary/aromatic N) is 5. The first-order valence-corrected chi connectivity index (χ1v) is 11.6. The van der Waals surface area contributed by atoms with Gasteiger partial charge in [0.15, 0.2) is 38.4 Å². The number of aliphatic hydroxyl groups is 1. The van der Waals surface area contributed by atoms with Crippen molar-refractivity contribution in [1.29, 1.82) is 0 Å². The van der Waals surface area contributed by atoms with Gasteiger partial charge in [0.25, 0.3) is 5.56 Å². The molecule has 13 heteroatoms. The maximum Gasteiger partial charge on any atom is 0.282 e. The third-order valence-corrected chi connectivity index (χ3v) is 6.46. The van der Waals surface area contributed by atoms with Crippen LogP contribution >= 0.6 is 23.5 Å². The monoisotopic (exact) mass is 491 g/mol. The number of nitrogens with one attached hydrogen (secondary N) is 2. The van der Waals surface area contributed by atoms with Gasteiger partial charge in [0.1, 0.15) is 5.52 Å². The van der Waals surface area contributed by atoms with Crippen LogP contribution in [0, 0.1) is 11.6 Å². The van der Waals surface area contributed by atoms with Gasteiger partial charge in [0, 0.05) is 36.8 Å². The number of H-pyrrole nitrogens is 1. The Bertz CT molecular complexity index is 1360. The highest BCUT2D eigenvalue weighted by molar-refractivity contribution is 7.99. The number of hydrogen-bond acceptors (Lipinski definition) is 9. The Morgan fingerprint density at radius 3 is 2.82 bits per heavy atom. The van der Waals surface area contributed by atoms with Crippen LogP contribution in [0.1, 0.15) is 12.5 Å². The van der Waals surface area contributed by atoms with Crippen molar-refractivity contribution in [2.45, 2.75) is 34.1 Å². The molecule has 0 aliphatic heterocycles. The topological polar surface area (TPSA) is 122 Å². The van der Waals surface area contributed by atoms with Gasteiger partial charge in [-0.15, -0.1) is 0 Å². The number of thioether (sulfide) groups is 1. The van der Waals surface area contributed by atoms with E-state index in [1.165, 1.54) is 12.1 Å². The summed E-state index contributed by atoms with van der Waals surface area (Å²) >= 11 is 2.17. The molecule has 0 radical (unpaired) electrons. The Labute approximate surface area is 195 Å².